The Hall–Kier alpha value is -1.81. The molecule has 130 valence electrons. The Balaban J connectivity index is 1.92. The second kappa shape index (κ2) is 6.60. The van der Waals surface area contributed by atoms with Gasteiger partial charge < -0.3 is 9.15 Å². The van der Waals surface area contributed by atoms with Gasteiger partial charge in [-0.25, -0.2) is 18.2 Å². The van der Waals surface area contributed by atoms with Crippen molar-refractivity contribution in [2.75, 3.05) is 18.1 Å². The lowest BCUT2D eigenvalue weighted by Crippen LogP contribution is -2.17. The van der Waals surface area contributed by atoms with E-state index in [2.05, 4.69) is 10.1 Å². The van der Waals surface area contributed by atoms with Crippen LogP contribution >= 0.6 is 11.8 Å². The Morgan fingerprint density at radius 1 is 1.54 bits per heavy atom. The lowest BCUT2D eigenvalue weighted by Gasteiger charge is -2.07. The SMILES string of the molecule is CCOC(=O)n1nc(-c2ccoc2C)nc1S[C@@H]1CCS(=O)(=O)C1. The summed E-state index contributed by atoms with van der Waals surface area (Å²) in [5.41, 5.74) is 0.680. The third-order valence-corrected chi connectivity index (χ3v) is 6.77. The fraction of sp³-hybridized carbons (Fsp3) is 0.500. The molecule has 2 aromatic heterocycles. The van der Waals surface area contributed by atoms with Gasteiger partial charge in [-0.15, -0.1) is 9.78 Å². The van der Waals surface area contributed by atoms with Gasteiger partial charge in [-0.3, -0.25) is 0 Å². The maximum atomic E-state index is 12.1. The van der Waals surface area contributed by atoms with Crippen molar-refractivity contribution in [3.05, 3.63) is 18.1 Å². The summed E-state index contributed by atoms with van der Waals surface area (Å²) in [6, 6.07) is 1.72. The molecule has 1 atom stereocenters. The molecule has 3 heterocycles. The molecular formula is C14H17N3O5S2. The molecule has 3 rings (SSSR count). The molecule has 0 aromatic carbocycles. The van der Waals surface area contributed by atoms with Crippen LogP contribution in [-0.4, -0.2) is 52.6 Å². The molecule has 2 aromatic rings. The average molecular weight is 371 g/mol. The highest BCUT2D eigenvalue weighted by molar-refractivity contribution is 8.01. The van der Waals surface area contributed by atoms with Gasteiger partial charge in [0.1, 0.15) is 5.76 Å². The monoisotopic (exact) mass is 371 g/mol. The first-order valence-electron chi connectivity index (χ1n) is 7.45. The van der Waals surface area contributed by atoms with Crippen LogP contribution in [0.3, 0.4) is 0 Å². The van der Waals surface area contributed by atoms with Crippen LogP contribution in [0.15, 0.2) is 21.9 Å². The van der Waals surface area contributed by atoms with Crippen molar-refractivity contribution in [1.29, 1.82) is 0 Å². The van der Waals surface area contributed by atoms with Gasteiger partial charge in [-0.05, 0) is 26.3 Å². The Morgan fingerprint density at radius 3 is 2.92 bits per heavy atom. The molecule has 0 amide bonds. The lowest BCUT2D eigenvalue weighted by atomic mass is 10.2. The summed E-state index contributed by atoms with van der Waals surface area (Å²) in [7, 11) is -3.01. The molecule has 0 saturated carbocycles. The zero-order valence-corrected chi connectivity index (χ0v) is 14.9. The molecule has 0 radical (unpaired) electrons. The molecule has 10 heteroatoms. The number of ether oxygens (including phenoxy) is 1. The normalized spacial score (nSPS) is 19.5. The van der Waals surface area contributed by atoms with Gasteiger partial charge in [0, 0.05) is 5.25 Å². The summed E-state index contributed by atoms with van der Waals surface area (Å²) in [6.45, 7) is 3.68. The first-order valence-corrected chi connectivity index (χ1v) is 10.2. The zero-order valence-electron chi connectivity index (χ0n) is 13.3. The van der Waals surface area contributed by atoms with E-state index in [0.29, 0.717) is 28.7 Å². The fourth-order valence-electron chi connectivity index (χ4n) is 2.41. The van der Waals surface area contributed by atoms with E-state index in [9.17, 15) is 13.2 Å². The molecule has 0 spiro atoms. The quantitative estimate of drug-likeness (QED) is 0.805. The smallest absolute Gasteiger partial charge is 0.437 e. The van der Waals surface area contributed by atoms with Crippen molar-refractivity contribution < 1.29 is 22.4 Å². The number of hydrogen-bond acceptors (Lipinski definition) is 8. The van der Waals surface area contributed by atoms with E-state index >= 15 is 0 Å². The van der Waals surface area contributed by atoms with Crippen LogP contribution in [0.5, 0.6) is 0 Å². The number of aromatic nitrogens is 3. The summed E-state index contributed by atoms with van der Waals surface area (Å²) < 4.78 is 34.6. The van der Waals surface area contributed by atoms with Gasteiger partial charge in [0.05, 0.1) is 29.9 Å². The molecule has 8 nitrogen and oxygen atoms in total. The standard InChI is InChI=1S/C14H17N3O5S2/c1-3-21-14(18)17-13(23-10-5-7-24(19,20)8-10)15-12(16-17)11-4-6-22-9(11)2/h4,6,10H,3,5,7-8H2,1-2H3/t10-/m1/s1. The van der Waals surface area contributed by atoms with Gasteiger partial charge in [0.25, 0.3) is 0 Å². The molecule has 0 aliphatic carbocycles. The topological polar surface area (TPSA) is 104 Å². The van der Waals surface area contributed by atoms with E-state index in [1.165, 1.54) is 18.0 Å². The minimum atomic E-state index is -3.01. The van der Waals surface area contributed by atoms with E-state index in [1.54, 1.807) is 19.9 Å². The van der Waals surface area contributed by atoms with Crippen molar-refractivity contribution in [2.45, 2.75) is 30.7 Å². The van der Waals surface area contributed by atoms with Gasteiger partial charge >= 0.3 is 6.09 Å². The van der Waals surface area contributed by atoms with Crippen LogP contribution in [0.4, 0.5) is 4.79 Å². The highest BCUT2D eigenvalue weighted by atomic mass is 32.2. The first kappa shape index (κ1) is 17.0. The van der Waals surface area contributed by atoms with Crippen LogP contribution in [0.1, 0.15) is 19.1 Å². The molecule has 1 aliphatic rings. The van der Waals surface area contributed by atoms with Crippen molar-refractivity contribution in [3.63, 3.8) is 0 Å². The van der Waals surface area contributed by atoms with Gasteiger partial charge in [-0.1, -0.05) is 11.8 Å². The largest absolute Gasteiger partial charge is 0.469 e. The zero-order chi connectivity index (χ0) is 17.3. The maximum Gasteiger partial charge on any atom is 0.437 e. The van der Waals surface area contributed by atoms with Crippen LogP contribution in [0, 0.1) is 6.92 Å². The van der Waals surface area contributed by atoms with E-state index < -0.39 is 15.9 Å². The van der Waals surface area contributed by atoms with E-state index in [4.69, 9.17) is 9.15 Å². The number of carbonyl (C=O) groups excluding carboxylic acids is 1. The lowest BCUT2D eigenvalue weighted by molar-refractivity contribution is 0.147. The van der Waals surface area contributed by atoms with Crippen LogP contribution in [0.25, 0.3) is 11.4 Å². The van der Waals surface area contributed by atoms with Crippen LogP contribution < -0.4 is 0 Å². The Labute approximate surface area is 143 Å². The molecular weight excluding hydrogens is 354 g/mol. The van der Waals surface area contributed by atoms with Crippen LogP contribution in [-0.2, 0) is 14.6 Å². The van der Waals surface area contributed by atoms with Crippen molar-refractivity contribution in [3.8, 4) is 11.4 Å². The predicted molar refractivity (Wildman–Crippen MR) is 87.8 cm³/mol. The number of hydrogen-bond donors (Lipinski definition) is 0. The third kappa shape index (κ3) is 3.48. The van der Waals surface area contributed by atoms with Crippen molar-refractivity contribution >= 4 is 27.7 Å². The summed E-state index contributed by atoms with van der Waals surface area (Å²) in [6.07, 6.45) is 1.41. The van der Waals surface area contributed by atoms with E-state index in [0.717, 1.165) is 4.68 Å². The van der Waals surface area contributed by atoms with Gasteiger partial charge in [-0.2, -0.15) is 0 Å². The molecule has 0 unspecified atom stereocenters. The summed E-state index contributed by atoms with van der Waals surface area (Å²) in [5.74, 6) is 1.22. The second-order valence-corrected chi connectivity index (χ2v) is 8.86. The Kier molecular flexibility index (Phi) is 4.68. The number of aryl methyl sites for hydroxylation is 1. The minimum absolute atomic E-state index is 0.0768. The first-order chi connectivity index (χ1) is 11.4. The highest BCUT2D eigenvalue weighted by Gasteiger charge is 2.31. The summed E-state index contributed by atoms with van der Waals surface area (Å²) in [4.78, 5) is 16.5. The average Bonchev–Trinajstić information content (AvgIpc) is 3.19. The van der Waals surface area contributed by atoms with Crippen molar-refractivity contribution in [2.24, 2.45) is 0 Å². The van der Waals surface area contributed by atoms with E-state index in [1.807, 2.05) is 0 Å². The fourth-order valence-corrected chi connectivity index (χ4v) is 5.89. The van der Waals surface area contributed by atoms with E-state index in [-0.39, 0.29) is 23.4 Å². The highest BCUT2D eigenvalue weighted by Crippen LogP contribution is 2.32. The second-order valence-electron chi connectivity index (χ2n) is 5.36. The van der Waals surface area contributed by atoms with Gasteiger partial charge in [0.15, 0.2) is 20.8 Å². The summed E-state index contributed by atoms with van der Waals surface area (Å²) in [5, 5.41) is 4.39. The predicted octanol–water partition coefficient (Wildman–Crippen LogP) is 2.13. The molecule has 0 N–H and O–H groups in total. The number of sulfone groups is 1. The Bertz CT molecular complexity index is 856. The molecule has 1 aliphatic heterocycles. The van der Waals surface area contributed by atoms with Gasteiger partial charge in [0.2, 0.25) is 0 Å². The summed E-state index contributed by atoms with van der Waals surface area (Å²) >= 11 is 1.24. The third-order valence-electron chi connectivity index (χ3n) is 3.58. The molecule has 1 fully saturated rings. The minimum Gasteiger partial charge on any atom is -0.469 e. The van der Waals surface area contributed by atoms with Crippen LogP contribution in [0.2, 0.25) is 0 Å². The molecule has 0 bridgehead atoms. The number of carbonyl (C=O) groups is 1. The van der Waals surface area contributed by atoms with Crippen molar-refractivity contribution in [1.82, 2.24) is 14.8 Å². The maximum absolute atomic E-state index is 12.1. The number of furan rings is 1. The number of thioether (sulfide) groups is 1. The molecule has 1 saturated heterocycles. The Morgan fingerprint density at radius 2 is 2.33 bits per heavy atom. The molecule has 24 heavy (non-hydrogen) atoms. The number of nitrogens with zero attached hydrogens (tertiary/aromatic N) is 3. The number of rotatable bonds is 4.